The molecule has 0 aliphatic rings. The fraction of sp³-hybridized carbons (Fsp3) is 0.556. The van der Waals surface area contributed by atoms with Gasteiger partial charge >= 0.3 is 0 Å². The molecule has 0 fully saturated rings. The topological polar surface area (TPSA) is 58.0 Å². The average molecular weight is 216 g/mol. The summed E-state index contributed by atoms with van der Waals surface area (Å²) in [5.41, 5.74) is 0.913. The van der Waals surface area contributed by atoms with Crippen LogP contribution in [0.15, 0.2) is 6.07 Å². The van der Waals surface area contributed by atoms with Crippen LogP contribution >= 0.6 is 11.6 Å². The molecule has 0 atom stereocenters. The van der Waals surface area contributed by atoms with Gasteiger partial charge in [-0.15, -0.1) is 0 Å². The lowest BCUT2D eigenvalue weighted by atomic mass is 10.3. The van der Waals surface area contributed by atoms with Crippen LogP contribution in [-0.4, -0.2) is 28.2 Å². The molecule has 78 valence electrons. The summed E-state index contributed by atoms with van der Waals surface area (Å²) in [6.45, 7) is 2.82. The van der Waals surface area contributed by atoms with Crippen LogP contribution in [0.1, 0.15) is 19.0 Å². The molecule has 0 radical (unpaired) electrons. The Kier molecular flexibility index (Phi) is 4.62. The zero-order valence-corrected chi connectivity index (χ0v) is 8.88. The van der Waals surface area contributed by atoms with Gasteiger partial charge in [-0.2, -0.15) is 0 Å². The van der Waals surface area contributed by atoms with Crippen molar-refractivity contribution >= 4 is 17.5 Å². The van der Waals surface area contributed by atoms with Crippen LogP contribution in [0.2, 0.25) is 5.15 Å². The first-order valence-corrected chi connectivity index (χ1v) is 5.02. The maximum atomic E-state index is 8.59. The number of aliphatic hydroxyl groups excluding tert-OH is 1. The van der Waals surface area contributed by atoms with Crippen molar-refractivity contribution in [2.45, 2.75) is 19.8 Å². The number of anilines is 1. The summed E-state index contributed by atoms with van der Waals surface area (Å²) in [4.78, 5) is 8.25. The Morgan fingerprint density at radius 3 is 2.93 bits per heavy atom. The molecule has 0 aliphatic carbocycles. The molecule has 1 heterocycles. The van der Waals surface area contributed by atoms with Crippen molar-refractivity contribution in [3.63, 3.8) is 0 Å². The summed E-state index contributed by atoms with van der Waals surface area (Å²) in [5.74, 6) is 0.530. The molecule has 1 aromatic rings. The molecule has 0 spiro atoms. The van der Waals surface area contributed by atoms with Crippen LogP contribution < -0.4 is 5.32 Å². The molecule has 1 aromatic heterocycles. The molecule has 5 heteroatoms. The highest BCUT2D eigenvalue weighted by Crippen LogP contribution is 2.10. The maximum Gasteiger partial charge on any atom is 0.224 e. The first-order chi connectivity index (χ1) is 6.76. The lowest BCUT2D eigenvalue weighted by molar-refractivity contribution is 0.292. The summed E-state index contributed by atoms with van der Waals surface area (Å²) in [5, 5.41) is 12.0. The van der Waals surface area contributed by atoms with Gasteiger partial charge in [-0.05, 0) is 18.9 Å². The third-order valence-corrected chi connectivity index (χ3v) is 1.92. The second kappa shape index (κ2) is 5.78. The Labute approximate surface area is 88.3 Å². The van der Waals surface area contributed by atoms with Crippen LogP contribution in [-0.2, 0) is 6.42 Å². The van der Waals surface area contributed by atoms with Gasteiger partial charge in [0.15, 0.2) is 0 Å². The largest absolute Gasteiger partial charge is 0.396 e. The van der Waals surface area contributed by atoms with Crippen molar-refractivity contribution in [2.75, 3.05) is 18.5 Å². The molecule has 2 N–H and O–H groups in total. The number of halogens is 1. The number of hydrogen-bond donors (Lipinski definition) is 2. The van der Waals surface area contributed by atoms with E-state index >= 15 is 0 Å². The summed E-state index contributed by atoms with van der Waals surface area (Å²) < 4.78 is 0. The van der Waals surface area contributed by atoms with E-state index in [1.54, 1.807) is 6.07 Å². The van der Waals surface area contributed by atoms with Crippen molar-refractivity contribution in [2.24, 2.45) is 0 Å². The van der Waals surface area contributed by atoms with Gasteiger partial charge < -0.3 is 10.4 Å². The van der Waals surface area contributed by atoms with Crippen molar-refractivity contribution in [3.05, 3.63) is 16.9 Å². The van der Waals surface area contributed by atoms with E-state index in [4.69, 9.17) is 16.7 Å². The minimum Gasteiger partial charge on any atom is -0.396 e. The van der Waals surface area contributed by atoms with E-state index in [0.717, 1.165) is 12.1 Å². The van der Waals surface area contributed by atoms with Gasteiger partial charge in [0, 0.05) is 18.8 Å². The van der Waals surface area contributed by atoms with Gasteiger partial charge in [0.05, 0.1) is 0 Å². The normalized spacial score (nSPS) is 10.2. The Morgan fingerprint density at radius 2 is 2.29 bits per heavy atom. The summed E-state index contributed by atoms with van der Waals surface area (Å²) in [6, 6.07) is 1.75. The third kappa shape index (κ3) is 3.47. The molecule has 0 amide bonds. The van der Waals surface area contributed by atoms with Crippen LogP contribution in [0.3, 0.4) is 0 Å². The maximum absolute atomic E-state index is 8.59. The lowest BCUT2D eigenvalue weighted by Gasteiger charge is -2.05. The second-order valence-corrected chi connectivity index (χ2v) is 3.25. The van der Waals surface area contributed by atoms with Crippen LogP contribution in [0.5, 0.6) is 0 Å². The van der Waals surface area contributed by atoms with Crippen molar-refractivity contribution in [1.82, 2.24) is 9.97 Å². The number of aryl methyl sites for hydroxylation is 1. The van der Waals surface area contributed by atoms with E-state index in [-0.39, 0.29) is 6.61 Å². The van der Waals surface area contributed by atoms with E-state index in [2.05, 4.69) is 15.3 Å². The molecule has 14 heavy (non-hydrogen) atoms. The Morgan fingerprint density at radius 1 is 1.50 bits per heavy atom. The molecule has 0 saturated heterocycles. The summed E-state index contributed by atoms with van der Waals surface area (Å²) in [7, 11) is 0. The zero-order chi connectivity index (χ0) is 10.4. The fourth-order valence-corrected chi connectivity index (χ4v) is 1.21. The van der Waals surface area contributed by atoms with Gasteiger partial charge in [-0.25, -0.2) is 9.97 Å². The predicted molar refractivity (Wildman–Crippen MR) is 56.6 cm³/mol. The number of aliphatic hydroxyl groups is 1. The average Bonchev–Trinajstić information content (AvgIpc) is 2.17. The quantitative estimate of drug-likeness (QED) is 0.577. The molecule has 1 rings (SSSR count). The van der Waals surface area contributed by atoms with Crippen molar-refractivity contribution in [3.8, 4) is 0 Å². The van der Waals surface area contributed by atoms with E-state index in [1.807, 2.05) is 6.92 Å². The highest BCUT2D eigenvalue weighted by atomic mass is 35.5. The number of nitrogens with one attached hydrogen (secondary N) is 1. The highest BCUT2D eigenvalue weighted by molar-refractivity contribution is 6.29. The van der Waals surface area contributed by atoms with Crippen molar-refractivity contribution in [1.29, 1.82) is 0 Å². The standard InChI is InChI=1S/C9H14ClN3O/c1-2-7-6-8(10)13-9(12-7)11-4-3-5-14/h6,14H,2-5H2,1H3,(H,11,12,13). The lowest BCUT2D eigenvalue weighted by Crippen LogP contribution is -2.08. The first-order valence-electron chi connectivity index (χ1n) is 4.64. The minimum atomic E-state index is 0.161. The van der Waals surface area contributed by atoms with Crippen LogP contribution in [0.25, 0.3) is 0 Å². The first kappa shape index (κ1) is 11.2. The molecule has 0 saturated carbocycles. The van der Waals surface area contributed by atoms with E-state index < -0.39 is 0 Å². The van der Waals surface area contributed by atoms with Gasteiger partial charge in [-0.3, -0.25) is 0 Å². The molecular formula is C9H14ClN3O. The Hall–Kier alpha value is -0.870. The smallest absolute Gasteiger partial charge is 0.224 e. The summed E-state index contributed by atoms with van der Waals surface area (Å²) >= 11 is 5.80. The number of hydrogen-bond acceptors (Lipinski definition) is 4. The monoisotopic (exact) mass is 215 g/mol. The molecule has 4 nitrogen and oxygen atoms in total. The van der Waals surface area contributed by atoms with E-state index in [1.165, 1.54) is 0 Å². The molecule has 0 aliphatic heterocycles. The third-order valence-electron chi connectivity index (χ3n) is 1.73. The SMILES string of the molecule is CCc1cc(Cl)nc(NCCCO)n1. The van der Waals surface area contributed by atoms with Gasteiger partial charge in [0.1, 0.15) is 5.15 Å². The zero-order valence-electron chi connectivity index (χ0n) is 8.13. The molecular weight excluding hydrogens is 202 g/mol. The van der Waals surface area contributed by atoms with Crippen molar-refractivity contribution < 1.29 is 5.11 Å². The summed E-state index contributed by atoms with van der Waals surface area (Å²) in [6.07, 6.45) is 1.51. The van der Waals surface area contributed by atoms with Gasteiger partial charge in [-0.1, -0.05) is 18.5 Å². The number of rotatable bonds is 5. The Balaban J connectivity index is 2.62. The van der Waals surface area contributed by atoms with Gasteiger partial charge in [0.2, 0.25) is 5.95 Å². The van der Waals surface area contributed by atoms with E-state index in [0.29, 0.717) is 24.1 Å². The number of nitrogens with zero attached hydrogens (tertiary/aromatic N) is 2. The van der Waals surface area contributed by atoms with E-state index in [9.17, 15) is 0 Å². The molecule has 0 bridgehead atoms. The number of aromatic nitrogens is 2. The Bertz CT molecular complexity index is 293. The fourth-order valence-electron chi connectivity index (χ4n) is 1.00. The predicted octanol–water partition coefficient (Wildman–Crippen LogP) is 1.49. The molecule has 0 aromatic carbocycles. The minimum absolute atomic E-state index is 0.161. The van der Waals surface area contributed by atoms with Crippen LogP contribution in [0.4, 0.5) is 5.95 Å². The van der Waals surface area contributed by atoms with Gasteiger partial charge in [0.25, 0.3) is 0 Å². The highest BCUT2D eigenvalue weighted by Gasteiger charge is 2.00. The van der Waals surface area contributed by atoms with Crippen LogP contribution in [0, 0.1) is 0 Å². The second-order valence-electron chi connectivity index (χ2n) is 2.86. The molecule has 0 unspecified atom stereocenters.